The molecule has 1 aliphatic carbocycles. The van der Waals surface area contributed by atoms with Crippen molar-refractivity contribution in [2.75, 3.05) is 17.7 Å². The Bertz CT molecular complexity index is 1040. The average molecular weight is 458 g/mol. The van der Waals surface area contributed by atoms with Crippen molar-refractivity contribution in [1.82, 2.24) is 4.98 Å². The monoisotopic (exact) mass is 457 g/mol. The molecule has 0 spiro atoms. The number of nitrogens with zero attached hydrogens (tertiary/aromatic N) is 2. The summed E-state index contributed by atoms with van der Waals surface area (Å²) in [6.45, 7) is 8.07. The summed E-state index contributed by atoms with van der Waals surface area (Å²) in [4.78, 5) is 30.8. The van der Waals surface area contributed by atoms with Crippen molar-refractivity contribution in [2.45, 2.75) is 58.4 Å². The molecule has 0 saturated carbocycles. The third-order valence-electron chi connectivity index (χ3n) is 5.24. The predicted octanol–water partition coefficient (Wildman–Crippen LogP) is 5.05. The first-order chi connectivity index (χ1) is 14.8. The first kappa shape index (κ1) is 23.3. The van der Waals surface area contributed by atoms with E-state index in [0.717, 1.165) is 36.1 Å². The lowest BCUT2D eigenvalue weighted by Gasteiger charge is -2.18. The second kappa shape index (κ2) is 10.3. The summed E-state index contributed by atoms with van der Waals surface area (Å²) in [5, 5.41) is 13.6. The summed E-state index contributed by atoms with van der Waals surface area (Å²) < 4.78 is 5.26. The minimum atomic E-state index is -0.364. The van der Waals surface area contributed by atoms with E-state index in [9.17, 15) is 14.9 Å². The molecule has 1 atom stereocenters. The van der Waals surface area contributed by atoms with Gasteiger partial charge < -0.3 is 10.1 Å². The van der Waals surface area contributed by atoms with Gasteiger partial charge in [-0.1, -0.05) is 6.92 Å². The summed E-state index contributed by atoms with van der Waals surface area (Å²) in [7, 11) is 0. The lowest BCUT2D eigenvalue weighted by molar-refractivity contribution is -0.115. The van der Waals surface area contributed by atoms with E-state index in [1.54, 1.807) is 6.92 Å². The third-order valence-corrected chi connectivity index (χ3v) is 7.38. The van der Waals surface area contributed by atoms with Gasteiger partial charge in [-0.3, -0.25) is 4.79 Å². The predicted molar refractivity (Wildman–Crippen MR) is 124 cm³/mol. The van der Waals surface area contributed by atoms with Crippen LogP contribution in [0.2, 0.25) is 0 Å². The highest BCUT2D eigenvalue weighted by Crippen LogP contribution is 2.40. The van der Waals surface area contributed by atoms with Gasteiger partial charge in [-0.15, -0.1) is 23.1 Å². The van der Waals surface area contributed by atoms with Crippen molar-refractivity contribution in [1.29, 1.82) is 5.26 Å². The number of fused-ring (bicyclic) bond motifs is 1. The van der Waals surface area contributed by atoms with Crippen molar-refractivity contribution in [3.8, 4) is 6.07 Å². The number of ether oxygens (including phenoxy) is 1. The molecule has 164 valence electrons. The van der Waals surface area contributed by atoms with Gasteiger partial charge in [0.1, 0.15) is 16.1 Å². The number of thioether (sulfide) groups is 1. The number of anilines is 1. The minimum Gasteiger partial charge on any atom is -0.462 e. The summed E-state index contributed by atoms with van der Waals surface area (Å²) in [5.74, 6) is 0.540. The molecule has 0 saturated heterocycles. The Morgan fingerprint density at radius 2 is 2.19 bits per heavy atom. The van der Waals surface area contributed by atoms with Crippen LogP contribution in [0.4, 0.5) is 5.00 Å². The number of rotatable bonds is 7. The van der Waals surface area contributed by atoms with Crippen molar-refractivity contribution in [2.24, 2.45) is 5.92 Å². The Kier molecular flexibility index (Phi) is 7.74. The number of carbonyl (C=O) groups excluding carboxylic acids is 2. The van der Waals surface area contributed by atoms with Crippen LogP contribution in [0.5, 0.6) is 0 Å². The number of pyridine rings is 1. The fourth-order valence-electron chi connectivity index (χ4n) is 3.73. The van der Waals surface area contributed by atoms with Gasteiger partial charge in [-0.25, -0.2) is 9.78 Å². The van der Waals surface area contributed by atoms with E-state index < -0.39 is 0 Å². The maximum atomic E-state index is 12.6. The topological polar surface area (TPSA) is 92.1 Å². The fraction of sp³-hybridized carbons (Fsp3) is 0.478. The number of aromatic nitrogens is 1. The molecular formula is C23H27N3O3S2. The minimum absolute atomic E-state index is 0.160. The van der Waals surface area contributed by atoms with Crippen LogP contribution in [0.3, 0.4) is 0 Å². The number of nitrogens with one attached hydrogen (secondary N) is 1. The molecule has 2 aromatic rings. The van der Waals surface area contributed by atoms with Crippen LogP contribution >= 0.6 is 23.1 Å². The van der Waals surface area contributed by atoms with Gasteiger partial charge in [-0.2, -0.15) is 5.26 Å². The van der Waals surface area contributed by atoms with Gasteiger partial charge in [0, 0.05) is 22.7 Å². The van der Waals surface area contributed by atoms with E-state index >= 15 is 0 Å². The van der Waals surface area contributed by atoms with Crippen molar-refractivity contribution >= 4 is 40.0 Å². The molecule has 1 amide bonds. The van der Waals surface area contributed by atoms with Crippen LogP contribution in [-0.4, -0.2) is 29.2 Å². The van der Waals surface area contributed by atoms with Gasteiger partial charge in [0.2, 0.25) is 5.91 Å². The van der Waals surface area contributed by atoms with Crippen molar-refractivity contribution < 1.29 is 14.3 Å². The van der Waals surface area contributed by atoms with Crippen LogP contribution < -0.4 is 5.32 Å². The molecule has 2 aromatic heterocycles. The molecule has 6 nitrogen and oxygen atoms in total. The molecule has 1 aliphatic rings. The molecule has 3 rings (SSSR count). The molecule has 0 radical (unpaired) electrons. The molecule has 1 N–H and O–H groups in total. The molecule has 0 fully saturated rings. The summed E-state index contributed by atoms with van der Waals surface area (Å²) in [5.41, 5.74) is 3.85. The van der Waals surface area contributed by atoms with Crippen LogP contribution in [0.15, 0.2) is 11.1 Å². The summed E-state index contributed by atoms with van der Waals surface area (Å²) >= 11 is 2.90. The molecule has 8 heteroatoms. The van der Waals surface area contributed by atoms with Gasteiger partial charge in [0.05, 0.1) is 17.7 Å². The zero-order chi connectivity index (χ0) is 22.5. The first-order valence-corrected chi connectivity index (χ1v) is 12.3. The number of carbonyl (C=O) groups is 2. The van der Waals surface area contributed by atoms with Crippen LogP contribution in [0.1, 0.15) is 64.3 Å². The van der Waals surface area contributed by atoms with E-state index in [1.165, 1.54) is 28.0 Å². The number of amides is 1. The summed E-state index contributed by atoms with van der Waals surface area (Å²) in [6.07, 6.45) is 3.05. The van der Waals surface area contributed by atoms with E-state index in [0.29, 0.717) is 39.4 Å². The first-order valence-electron chi connectivity index (χ1n) is 10.5. The van der Waals surface area contributed by atoms with Gasteiger partial charge in [0.25, 0.3) is 0 Å². The maximum absolute atomic E-state index is 12.6. The zero-order valence-corrected chi connectivity index (χ0v) is 20.0. The number of aryl methyl sites for hydroxylation is 2. The molecular weight excluding hydrogens is 430 g/mol. The Labute approximate surface area is 191 Å². The lowest BCUT2D eigenvalue weighted by atomic mass is 9.88. The van der Waals surface area contributed by atoms with Gasteiger partial charge >= 0.3 is 5.97 Å². The zero-order valence-electron chi connectivity index (χ0n) is 18.3. The second-order valence-electron chi connectivity index (χ2n) is 7.80. The van der Waals surface area contributed by atoms with Crippen molar-refractivity contribution in [3.05, 3.63) is 38.9 Å². The molecule has 0 aliphatic heterocycles. The number of nitriles is 1. The van der Waals surface area contributed by atoms with E-state index in [2.05, 4.69) is 23.3 Å². The standard InChI is InChI=1S/C23H27N3O3S2/c1-5-29-23(28)20-16-7-6-13(2)10-18(16)31-22(20)26-19(27)8-9-30-21-17(12-24)14(3)11-15(4)25-21/h11,13H,5-10H2,1-4H3,(H,26,27). The quantitative estimate of drug-likeness (QED) is 0.462. The SMILES string of the molecule is CCOC(=O)c1c(NC(=O)CCSc2nc(C)cc(C)c2C#N)sc2c1CCC(C)C2. The van der Waals surface area contributed by atoms with E-state index in [-0.39, 0.29) is 18.3 Å². The average Bonchev–Trinajstić information content (AvgIpc) is 3.04. The van der Waals surface area contributed by atoms with Gasteiger partial charge in [0.15, 0.2) is 0 Å². The normalized spacial score (nSPS) is 15.1. The number of hydrogen-bond acceptors (Lipinski definition) is 7. The largest absolute Gasteiger partial charge is 0.462 e. The number of thiophene rings is 1. The van der Waals surface area contributed by atoms with E-state index in [4.69, 9.17) is 4.74 Å². The van der Waals surface area contributed by atoms with Crippen molar-refractivity contribution in [3.63, 3.8) is 0 Å². The molecule has 31 heavy (non-hydrogen) atoms. The molecule has 0 bridgehead atoms. The Morgan fingerprint density at radius 3 is 2.90 bits per heavy atom. The second-order valence-corrected chi connectivity index (χ2v) is 9.98. The molecule has 0 aromatic carbocycles. The Hall–Kier alpha value is -2.37. The third kappa shape index (κ3) is 5.46. The number of hydrogen-bond donors (Lipinski definition) is 1. The molecule has 2 heterocycles. The summed E-state index contributed by atoms with van der Waals surface area (Å²) in [6, 6.07) is 4.08. The highest BCUT2D eigenvalue weighted by Gasteiger charge is 2.29. The maximum Gasteiger partial charge on any atom is 0.341 e. The lowest BCUT2D eigenvalue weighted by Crippen LogP contribution is -2.17. The van der Waals surface area contributed by atoms with Crippen LogP contribution in [0, 0.1) is 31.1 Å². The highest BCUT2D eigenvalue weighted by molar-refractivity contribution is 7.99. The fourth-order valence-corrected chi connectivity index (χ4v) is 6.19. The smallest absolute Gasteiger partial charge is 0.341 e. The van der Waals surface area contributed by atoms with Gasteiger partial charge in [-0.05, 0) is 63.1 Å². The molecule has 1 unspecified atom stereocenters. The number of esters is 1. The Morgan fingerprint density at radius 1 is 1.42 bits per heavy atom. The van der Waals surface area contributed by atoms with Crippen LogP contribution in [0.25, 0.3) is 0 Å². The Balaban J connectivity index is 1.70. The van der Waals surface area contributed by atoms with E-state index in [1.807, 2.05) is 19.9 Å². The van der Waals surface area contributed by atoms with Crippen LogP contribution in [-0.2, 0) is 22.4 Å². The highest BCUT2D eigenvalue weighted by atomic mass is 32.2.